The minimum absolute atomic E-state index is 0.181. The van der Waals surface area contributed by atoms with Crippen molar-refractivity contribution in [1.82, 2.24) is 4.31 Å². The number of methoxy groups -OCH3 is 1. The third kappa shape index (κ3) is 4.45. The minimum atomic E-state index is -0.505. The van der Waals surface area contributed by atoms with Gasteiger partial charge >= 0.3 is 5.30 Å². The molecular weight excluding hydrogens is 350 g/mol. The van der Waals surface area contributed by atoms with E-state index in [2.05, 4.69) is 11.8 Å². The molecule has 0 saturated heterocycles. The molecule has 0 fully saturated rings. The lowest BCUT2D eigenvalue weighted by molar-refractivity contribution is 0.0887. The van der Waals surface area contributed by atoms with Crippen LogP contribution in [-0.4, -0.2) is 29.2 Å². The van der Waals surface area contributed by atoms with Gasteiger partial charge in [-0.1, -0.05) is 42.2 Å². The van der Waals surface area contributed by atoms with E-state index in [0.29, 0.717) is 18.7 Å². The van der Waals surface area contributed by atoms with Gasteiger partial charge in [0.05, 0.1) is 18.5 Å². The predicted molar refractivity (Wildman–Crippen MR) is 99.3 cm³/mol. The van der Waals surface area contributed by atoms with Crippen molar-refractivity contribution in [3.05, 3.63) is 70.8 Å². The molecule has 6 heteroatoms. The fraction of sp³-hybridized carbons (Fsp3) is 0.200. The Balaban J connectivity index is 1.59. The molecule has 26 heavy (non-hydrogen) atoms. The van der Waals surface area contributed by atoms with E-state index in [-0.39, 0.29) is 12.5 Å². The topological polar surface area (TPSA) is 55.8 Å². The van der Waals surface area contributed by atoms with Crippen LogP contribution in [0.2, 0.25) is 0 Å². The highest BCUT2D eigenvalue weighted by molar-refractivity contribution is 8.11. The van der Waals surface area contributed by atoms with Gasteiger partial charge < -0.3 is 9.47 Å². The van der Waals surface area contributed by atoms with Crippen LogP contribution < -0.4 is 0 Å². The van der Waals surface area contributed by atoms with Gasteiger partial charge in [-0.15, -0.1) is 0 Å². The lowest BCUT2D eigenvalue weighted by Gasteiger charge is -2.12. The molecule has 0 spiro atoms. The Morgan fingerprint density at radius 1 is 1.23 bits per heavy atom. The molecule has 1 aliphatic heterocycles. The van der Waals surface area contributed by atoms with Gasteiger partial charge in [0.25, 0.3) is 5.91 Å². The third-order valence-electron chi connectivity index (χ3n) is 3.71. The summed E-state index contributed by atoms with van der Waals surface area (Å²) >= 11 is 0.785. The molecule has 132 valence electrons. The molecule has 0 saturated carbocycles. The van der Waals surface area contributed by atoms with Gasteiger partial charge in [0.1, 0.15) is 13.2 Å². The Kier molecular flexibility index (Phi) is 5.95. The number of amides is 1. The summed E-state index contributed by atoms with van der Waals surface area (Å²) in [7, 11) is 1.59. The first-order chi connectivity index (χ1) is 12.7. The van der Waals surface area contributed by atoms with E-state index in [0.717, 1.165) is 28.6 Å². The summed E-state index contributed by atoms with van der Waals surface area (Å²) in [5.74, 6) is 5.66. The quantitative estimate of drug-likeness (QED) is 0.469. The van der Waals surface area contributed by atoms with E-state index >= 15 is 0 Å². The number of rotatable bonds is 4. The zero-order valence-corrected chi connectivity index (χ0v) is 15.0. The fourth-order valence-corrected chi connectivity index (χ4v) is 3.17. The second kappa shape index (κ2) is 8.56. The number of carbonyl (C=O) groups is 2. The molecule has 0 aliphatic carbocycles. The summed E-state index contributed by atoms with van der Waals surface area (Å²) in [5, 5.41) is -0.505. The molecule has 0 radical (unpaired) electrons. The van der Waals surface area contributed by atoms with Crippen molar-refractivity contribution in [3.63, 3.8) is 0 Å². The van der Waals surface area contributed by atoms with Gasteiger partial charge in [0.2, 0.25) is 0 Å². The number of carbonyl (C=O) groups excluding carboxylic acids is 2. The fourth-order valence-electron chi connectivity index (χ4n) is 2.49. The summed E-state index contributed by atoms with van der Waals surface area (Å²) in [6.45, 7) is 0.880. The molecule has 0 atom stereocenters. The van der Waals surface area contributed by atoms with Crippen LogP contribution in [0.1, 0.15) is 27.0 Å². The molecule has 0 aromatic heterocycles. The second-order valence-electron chi connectivity index (χ2n) is 5.56. The van der Waals surface area contributed by atoms with Crippen LogP contribution in [0.5, 0.6) is 0 Å². The molecule has 1 amide bonds. The van der Waals surface area contributed by atoms with Gasteiger partial charge in [0.15, 0.2) is 0 Å². The minimum Gasteiger partial charge on any atom is -0.451 e. The highest BCUT2D eigenvalue weighted by Gasteiger charge is 2.30. The van der Waals surface area contributed by atoms with Crippen LogP contribution in [0.15, 0.2) is 48.5 Å². The smallest absolute Gasteiger partial charge is 0.388 e. The normalized spacial score (nSPS) is 12.3. The Morgan fingerprint density at radius 3 is 2.81 bits per heavy atom. The van der Waals surface area contributed by atoms with Crippen LogP contribution in [0.25, 0.3) is 0 Å². The van der Waals surface area contributed by atoms with E-state index < -0.39 is 5.30 Å². The first-order valence-corrected chi connectivity index (χ1v) is 8.76. The third-order valence-corrected chi connectivity index (χ3v) is 4.49. The van der Waals surface area contributed by atoms with Crippen molar-refractivity contribution in [1.29, 1.82) is 0 Å². The highest BCUT2D eigenvalue weighted by Crippen LogP contribution is 2.30. The van der Waals surface area contributed by atoms with E-state index in [1.54, 1.807) is 19.2 Å². The number of benzene rings is 2. The standard InChI is InChI=1S/C20H17NO4S/c1-24-11-5-8-15-9-10-18-17(12-15)13-21(19(18)22)26-20(23)25-14-16-6-3-2-4-7-16/h2-4,6-7,9-10,12H,11,13-14H2,1H3. The average molecular weight is 367 g/mol. The van der Waals surface area contributed by atoms with Crippen molar-refractivity contribution < 1.29 is 19.1 Å². The number of fused-ring (bicyclic) bond motifs is 1. The molecule has 3 rings (SSSR count). The highest BCUT2D eigenvalue weighted by atomic mass is 32.2. The second-order valence-corrected chi connectivity index (χ2v) is 6.52. The van der Waals surface area contributed by atoms with Gasteiger partial charge in [-0.05, 0) is 29.3 Å². The van der Waals surface area contributed by atoms with Crippen LogP contribution in [-0.2, 0) is 22.6 Å². The van der Waals surface area contributed by atoms with Crippen LogP contribution in [0.4, 0.5) is 4.79 Å². The summed E-state index contributed by atoms with van der Waals surface area (Å²) in [4.78, 5) is 24.4. The molecule has 0 bridgehead atoms. The maximum Gasteiger partial charge on any atom is 0.388 e. The Hall–Kier alpha value is -2.75. The first kappa shape index (κ1) is 18.1. The molecule has 1 heterocycles. The number of ether oxygens (including phenoxy) is 2. The number of hydrogen-bond donors (Lipinski definition) is 0. The van der Waals surface area contributed by atoms with Gasteiger partial charge in [0, 0.05) is 18.2 Å². The van der Waals surface area contributed by atoms with Crippen molar-refractivity contribution in [2.45, 2.75) is 13.2 Å². The number of nitrogens with zero attached hydrogens (tertiary/aromatic N) is 1. The Morgan fingerprint density at radius 2 is 2.04 bits per heavy atom. The molecule has 5 nitrogen and oxygen atoms in total. The van der Waals surface area contributed by atoms with Crippen molar-refractivity contribution in [3.8, 4) is 11.8 Å². The van der Waals surface area contributed by atoms with Crippen molar-refractivity contribution in [2.24, 2.45) is 0 Å². The van der Waals surface area contributed by atoms with E-state index in [4.69, 9.17) is 9.47 Å². The first-order valence-electron chi connectivity index (χ1n) is 7.98. The maximum atomic E-state index is 12.4. The molecule has 0 N–H and O–H groups in total. The molecule has 0 unspecified atom stereocenters. The average Bonchev–Trinajstić information content (AvgIpc) is 2.96. The molecular formula is C20H17NO4S. The molecule has 1 aliphatic rings. The SMILES string of the molecule is COCC#Cc1ccc2c(c1)CN(SC(=O)OCc1ccccc1)C2=O. The largest absolute Gasteiger partial charge is 0.451 e. The molecule has 2 aromatic rings. The van der Waals surface area contributed by atoms with Crippen molar-refractivity contribution in [2.75, 3.05) is 13.7 Å². The summed E-state index contributed by atoms with van der Waals surface area (Å²) < 4.78 is 11.5. The van der Waals surface area contributed by atoms with E-state index in [9.17, 15) is 9.59 Å². The van der Waals surface area contributed by atoms with E-state index in [1.165, 1.54) is 4.31 Å². The Labute approximate surface area is 156 Å². The van der Waals surface area contributed by atoms with Gasteiger partial charge in [-0.3, -0.25) is 9.10 Å². The molecule has 2 aromatic carbocycles. The summed E-state index contributed by atoms with van der Waals surface area (Å²) in [5.41, 5.74) is 3.15. The van der Waals surface area contributed by atoms with E-state index in [1.807, 2.05) is 36.4 Å². The predicted octanol–water partition coefficient (Wildman–Crippen LogP) is 3.63. The van der Waals surface area contributed by atoms with Gasteiger partial charge in [-0.25, -0.2) is 4.79 Å². The Bertz CT molecular complexity index is 870. The summed E-state index contributed by atoms with van der Waals surface area (Å²) in [6, 6.07) is 14.8. The zero-order valence-electron chi connectivity index (χ0n) is 14.2. The van der Waals surface area contributed by atoms with Crippen LogP contribution in [0.3, 0.4) is 0 Å². The zero-order chi connectivity index (χ0) is 18.4. The lowest BCUT2D eigenvalue weighted by Crippen LogP contribution is -2.18. The number of hydrogen-bond acceptors (Lipinski definition) is 5. The van der Waals surface area contributed by atoms with Crippen LogP contribution >= 0.6 is 11.9 Å². The van der Waals surface area contributed by atoms with Crippen LogP contribution in [0, 0.1) is 11.8 Å². The summed E-state index contributed by atoms with van der Waals surface area (Å²) in [6.07, 6.45) is 0. The lowest BCUT2D eigenvalue weighted by atomic mass is 10.1. The maximum absolute atomic E-state index is 12.4. The van der Waals surface area contributed by atoms with Gasteiger partial charge in [-0.2, -0.15) is 0 Å². The monoisotopic (exact) mass is 367 g/mol. The van der Waals surface area contributed by atoms with Crippen molar-refractivity contribution >= 4 is 23.2 Å².